The Morgan fingerprint density at radius 1 is 0.347 bits per heavy atom. The van der Waals surface area contributed by atoms with E-state index in [0.29, 0.717) is 156 Å². The summed E-state index contributed by atoms with van der Waals surface area (Å²) in [7, 11) is 0. The Bertz CT molecular complexity index is 8260. The molecule has 5 aromatic carbocycles. The summed E-state index contributed by atoms with van der Waals surface area (Å²) in [6.45, 7) is 25.0. The quantitative estimate of drug-likeness (QED) is 0.0253. The lowest BCUT2D eigenvalue weighted by molar-refractivity contribution is -0.119. The van der Waals surface area contributed by atoms with Gasteiger partial charge in [0.2, 0.25) is 29.5 Å². The first-order valence-corrected chi connectivity index (χ1v) is 49.5. The van der Waals surface area contributed by atoms with E-state index in [1.165, 1.54) is 30.3 Å². The zero-order chi connectivity index (χ0) is 104. The third-order valence-corrected chi connectivity index (χ3v) is 26.4. The van der Waals surface area contributed by atoms with Gasteiger partial charge in [0, 0.05) is 144 Å². The molecule has 15 heterocycles. The Kier molecular flexibility index (Phi) is 27.0. The highest BCUT2D eigenvalue weighted by Crippen LogP contribution is 2.40. The van der Waals surface area contributed by atoms with Crippen LogP contribution < -0.4 is 79.8 Å². The first kappa shape index (κ1) is 97.9. The molecule has 5 aliphatic heterocycles. The number of hydrogen-bond donors (Lipinski definition) is 15. The molecule has 0 atom stereocenters. The van der Waals surface area contributed by atoms with Crippen LogP contribution in [-0.4, -0.2) is 133 Å². The standard InChI is InChI=1S/C22H21ClN6O.C22H18FN7O.2C22H21FN6O.C21H19ClN6O/c1-12-3-4-16(23)9-18(12)27-19-10-20(26-17-5-6-17)29-22(28-19)15(11-24-29)7-14-8-21(30)25-13(14)2;1-12-14(8-21(31)26-12)7-15-11-25-30-20(27-16-3-4-16)9-19(29-22(15)30)28-18-5-2-13(10-24)6-17(18)23;1-12-7-17(5-6-18(12)23)26-19-10-20(27-16-3-4-16)29-22(28-19)15(11-24-29)8-14-9-21(30)25-13(14)2;1-12-17(23)4-3-5-18(12)27-19-10-20(26-16-6-7-16)29-22(28-19)15(11-24-29)8-14-9-21(30)25-13(14)2;1-12-13(9-20(29)24-12)8-14-11-23-28-19(25-15-6-7-15)10-18(27-21(14)28)26-17-5-3-2-4-16(17)22/h3-4,7,9-11,17,26H,2,5-6,8H2,1H3,(H,25,30)(H,27,28);2,5-7,9,11,16,27H,1,3-4,8H2,(H,26,31)(H,28,29);5-8,10-11,16,27H,2-4,9H2,1H3,(H,25,30)(H,26,28);3-5,8,10-11,16,26H,2,6-7,9H2,1H3,(H,25,30)(H,27,28);2-5,8,10-11,15,25H,1,6-7,9H2,(H,24,29)(H,26,27)/b2*14-7+;2*14-8+;13-8+. The van der Waals surface area contributed by atoms with Gasteiger partial charge in [0.15, 0.2) is 28.2 Å². The number of rotatable bonds is 25. The van der Waals surface area contributed by atoms with Crippen molar-refractivity contribution in [3.05, 3.63) is 325 Å². The number of nitrogens with one attached hydrogen (secondary N) is 15. The van der Waals surface area contributed by atoms with E-state index in [0.717, 1.165) is 172 Å². The second kappa shape index (κ2) is 41.4. The highest BCUT2D eigenvalue weighted by atomic mass is 35.5. The molecule has 0 unspecified atom stereocenters. The average Bonchev–Trinajstić information content (AvgIpc) is 1.65. The Hall–Kier alpha value is -18.2. The zero-order valence-corrected chi connectivity index (χ0v) is 83.0. The number of para-hydroxylation sites is 1. The topological polar surface area (TPSA) is 441 Å². The van der Waals surface area contributed by atoms with E-state index in [1.54, 1.807) is 91.7 Å². The summed E-state index contributed by atoms with van der Waals surface area (Å²) in [6, 6.07) is 40.7. The van der Waals surface area contributed by atoms with Crippen LogP contribution in [0.2, 0.25) is 10.0 Å². The molecule has 5 saturated heterocycles. The molecule has 5 amide bonds. The van der Waals surface area contributed by atoms with E-state index in [1.807, 2.05) is 116 Å². The summed E-state index contributed by atoms with van der Waals surface area (Å²) < 4.78 is 50.8. The maximum Gasteiger partial charge on any atom is 0.228 e. The number of amides is 5. The summed E-state index contributed by atoms with van der Waals surface area (Å²) in [4.78, 5) is 81.9. The van der Waals surface area contributed by atoms with Crippen LogP contribution in [-0.2, 0) is 24.0 Å². The number of hydrogen-bond acceptors (Lipinski definition) is 26. The van der Waals surface area contributed by atoms with Crippen molar-refractivity contribution in [2.24, 2.45) is 0 Å². The van der Waals surface area contributed by atoms with Crippen molar-refractivity contribution < 1.29 is 37.1 Å². The molecule has 15 aromatic rings. The number of carbonyl (C=O) groups is 5. The average molecular weight is 2050 g/mol. The molecule has 5 aliphatic carbocycles. The van der Waals surface area contributed by atoms with Gasteiger partial charge in [-0.2, -0.15) is 53.3 Å². The number of anilines is 15. The Balaban J connectivity index is 0.000000109. The van der Waals surface area contributed by atoms with Crippen LogP contribution in [0.4, 0.5) is 99.8 Å². The van der Waals surface area contributed by atoms with Crippen molar-refractivity contribution in [2.45, 2.75) is 147 Å². The van der Waals surface area contributed by atoms with Gasteiger partial charge in [-0.25, -0.2) is 38.1 Å². The normalized spacial score (nSPS) is 17.5. The maximum absolute atomic E-state index is 14.4. The lowest BCUT2D eigenvalue weighted by Gasteiger charge is -2.13. The predicted octanol–water partition coefficient (Wildman–Crippen LogP) is 19.8. The summed E-state index contributed by atoms with van der Waals surface area (Å²) in [5.41, 5.74) is 20.0. The number of nitriles is 1. The molecule has 0 radical (unpaired) electrons. The van der Waals surface area contributed by atoms with E-state index >= 15 is 0 Å². The fourth-order valence-corrected chi connectivity index (χ4v) is 17.4. The highest BCUT2D eigenvalue weighted by Gasteiger charge is 2.33. The number of aromatic nitrogens is 15. The minimum Gasteiger partial charge on any atom is -0.367 e. The fourth-order valence-electron chi connectivity index (χ4n) is 17.1. The number of allylic oxidation sites excluding steroid dienone is 5. The molecule has 0 bridgehead atoms. The first-order chi connectivity index (χ1) is 72.4. The summed E-state index contributed by atoms with van der Waals surface area (Å²) in [6.07, 6.45) is 30.7. The van der Waals surface area contributed by atoms with Gasteiger partial charge in [0.05, 0.1) is 91.1 Å². The molecule has 5 saturated carbocycles. The van der Waals surface area contributed by atoms with Crippen molar-refractivity contribution >= 4 is 198 Å². The van der Waals surface area contributed by atoms with Crippen LogP contribution in [0.15, 0.2) is 248 Å². The van der Waals surface area contributed by atoms with E-state index in [2.05, 4.69) is 143 Å². The molecule has 150 heavy (non-hydrogen) atoms. The van der Waals surface area contributed by atoms with Crippen LogP contribution in [0, 0.1) is 49.6 Å². The van der Waals surface area contributed by atoms with Gasteiger partial charge in [0.1, 0.15) is 75.6 Å². The molecular formula is C109H100Cl2F3N31O5. The maximum atomic E-state index is 14.4. The zero-order valence-electron chi connectivity index (χ0n) is 81.5. The van der Waals surface area contributed by atoms with Gasteiger partial charge in [-0.15, -0.1) is 0 Å². The van der Waals surface area contributed by atoms with Crippen LogP contribution in [0.5, 0.6) is 0 Å². The molecule has 0 spiro atoms. The van der Waals surface area contributed by atoms with E-state index in [4.69, 9.17) is 48.4 Å². The molecule has 756 valence electrons. The molecule has 25 rings (SSSR count). The van der Waals surface area contributed by atoms with Gasteiger partial charge in [-0.1, -0.05) is 80.4 Å². The van der Waals surface area contributed by atoms with Crippen LogP contribution >= 0.6 is 23.2 Å². The molecular weight excluding hydrogens is 1950 g/mol. The Labute approximate surface area is 866 Å². The highest BCUT2D eigenvalue weighted by molar-refractivity contribution is 6.33. The van der Waals surface area contributed by atoms with E-state index in [-0.39, 0.29) is 71.7 Å². The first-order valence-electron chi connectivity index (χ1n) is 48.8. The van der Waals surface area contributed by atoms with Crippen molar-refractivity contribution in [1.82, 2.24) is 99.6 Å². The molecule has 41 heteroatoms. The number of halogens is 5. The second-order valence-electron chi connectivity index (χ2n) is 38.0. The summed E-state index contributed by atoms with van der Waals surface area (Å²) >= 11 is 12.5. The van der Waals surface area contributed by atoms with Crippen molar-refractivity contribution in [3.63, 3.8) is 0 Å². The third-order valence-electron chi connectivity index (χ3n) is 25.9. The van der Waals surface area contributed by atoms with Crippen LogP contribution in [0.1, 0.15) is 146 Å². The van der Waals surface area contributed by atoms with Crippen LogP contribution in [0.25, 0.3) is 58.6 Å². The monoisotopic (exact) mass is 2050 g/mol. The summed E-state index contributed by atoms with van der Waals surface area (Å²) in [5, 5.41) is 79.9. The minimum atomic E-state index is -0.542. The summed E-state index contributed by atoms with van der Waals surface area (Å²) in [5.74, 6) is 5.67. The van der Waals surface area contributed by atoms with Gasteiger partial charge in [0.25, 0.3) is 0 Å². The number of fused-ring (bicyclic) bond motifs is 5. The molecule has 10 aromatic heterocycles. The lowest BCUT2D eigenvalue weighted by atomic mass is 10.1. The van der Waals surface area contributed by atoms with Gasteiger partial charge < -0.3 is 79.8 Å². The minimum absolute atomic E-state index is 0.0504. The second-order valence-corrected chi connectivity index (χ2v) is 38.9. The van der Waals surface area contributed by atoms with Gasteiger partial charge >= 0.3 is 0 Å². The predicted molar refractivity (Wildman–Crippen MR) is 575 cm³/mol. The molecule has 36 nitrogen and oxygen atoms in total. The van der Waals surface area contributed by atoms with E-state index < -0.39 is 5.82 Å². The number of benzene rings is 5. The van der Waals surface area contributed by atoms with Gasteiger partial charge in [-0.05, 0) is 227 Å². The van der Waals surface area contributed by atoms with Crippen molar-refractivity contribution in [3.8, 4) is 6.07 Å². The van der Waals surface area contributed by atoms with Crippen LogP contribution in [0.3, 0.4) is 0 Å². The molecule has 10 fully saturated rings. The Morgan fingerprint density at radius 2 is 0.673 bits per heavy atom. The van der Waals surface area contributed by atoms with Gasteiger partial charge in [-0.3, -0.25) is 24.0 Å². The van der Waals surface area contributed by atoms with E-state index in [9.17, 15) is 37.1 Å². The van der Waals surface area contributed by atoms with Crippen molar-refractivity contribution in [2.75, 3.05) is 53.2 Å². The number of aryl methyl sites for hydroxylation is 2. The molecule has 15 N–H and O–H groups in total. The number of carbonyl (C=O) groups excluding carboxylic acids is 5. The third kappa shape index (κ3) is 22.7. The lowest BCUT2D eigenvalue weighted by Crippen LogP contribution is -2.10. The molecule has 10 aliphatic rings. The van der Waals surface area contributed by atoms with Crippen molar-refractivity contribution in [1.29, 1.82) is 5.26 Å². The largest absolute Gasteiger partial charge is 0.367 e. The number of nitrogens with zero attached hydrogens (tertiary/aromatic N) is 16. The Morgan fingerprint density at radius 3 is 0.993 bits per heavy atom. The smallest absolute Gasteiger partial charge is 0.228 e. The fraction of sp³-hybridized carbons (Fsp3) is 0.211. The SMILES string of the molecule is C=C1NC(=O)C/C1=C\c1cnn2c(NC3CC3)cc(Nc3cc(Cl)ccc3C)nc12.C=C1NC(=O)C/C1=C\c1cnn2c(NC3CC3)cc(Nc3ccc(C#N)cc3F)nc12.C=C1NC(=O)C/C1=C\c1cnn2c(NC3CC3)cc(Nc3ccc(F)c(C)c3)nc12.C=C1NC(=O)C/C1=C\c1cnn2c(NC3CC3)cc(Nc3cccc(F)c3C)nc12.C=C1NC(=O)C/C1=C\c1cnn2c(NC3CC3)cc(Nc3ccccc3Cl)nc12.